The molecule has 0 bridgehead atoms. The van der Waals surface area contributed by atoms with Crippen molar-refractivity contribution in [2.24, 2.45) is 11.3 Å². The molecule has 0 unspecified atom stereocenters. The number of carbonyl (C=O) groups excluding carboxylic acids is 1. The smallest absolute Gasteiger partial charge is 0.410 e. The molecular weight excluding hydrogens is 246 g/mol. The van der Waals surface area contributed by atoms with E-state index in [0.717, 1.165) is 32.1 Å². The molecule has 106 valence electrons. The predicted molar refractivity (Wildman–Crippen MR) is 69.8 cm³/mol. The number of hydrogen-bond donors (Lipinski definition) is 1. The van der Waals surface area contributed by atoms with Gasteiger partial charge in [-0.05, 0) is 37.5 Å². The van der Waals surface area contributed by atoms with Crippen molar-refractivity contribution in [1.82, 2.24) is 4.90 Å². The maximum Gasteiger partial charge on any atom is 0.410 e. The molecule has 5 heteroatoms. The number of carbonyl (C=O) groups is 2. The van der Waals surface area contributed by atoms with Gasteiger partial charge in [0.25, 0.3) is 0 Å². The van der Waals surface area contributed by atoms with Crippen molar-refractivity contribution in [3.63, 3.8) is 0 Å². The van der Waals surface area contributed by atoms with Gasteiger partial charge in [-0.1, -0.05) is 12.7 Å². The summed E-state index contributed by atoms with van der Waals surface area (Å²) < 4.78 is 5.04. The summed E-state index contributed by atoms with van der Waals surface area (Å²) in [6.07, 6.45) is 5.49. The quantitative estimate of drug-likeness (QED) is 0.797. The van der Waals surface area contributed by atoms with Crippen molar-refractivity contribution < 1.29 is 19.4 Å². The van der Waals surface area contributed by atoms with Crippen LogP contribution < -0.4 is 0 Å². The van der Waals surface area contributed by atoms with Crippen LogP contribution in [0.5, 0.6) is 0 Å². The van der Waals surface area contributed by atoms with Crippen LogP contribution in [0.25, 0.3) is 0 Å². The van der Waals surface area contributed by atoms with Gasteiger partial charge in [0.2, 0.25) is 0 Å². The van der Waals surface area contributed by atoms with E-state index in [9.17, 15) is 9.59 Å². The number of carboxylic acid groups (broad SMARTS) is 1. The summed E-state index contributed by atoms with van der Waals surface area (Å²) in [6.45, 7) is 5.18. The second-order valence-electron chi connectivity index (χ2n) is 5.65. The van der Waals surface area contributed by atoms with E-state index in [1.54, 1.807) is 11.0 Å². The Morgan fingerprint density at radius 3 is 2.63 bits per heavy atom. The molecule has 0 aromatic rings. The van der Waals surface area contributed by atoms with Crippen molar-refractivity contribution in [2.45, 2.75) is 32.1 Å². The number of carboxylic acids is 1. The summed E-state index contributed by atoms with van der Waals surface area (Å²) in [5, 5.41) is 9.01. The molecule has 1 heterocycles. The first kappa shape index (κ1) is 13.9. The molecule has 1 spiro atoms. The monoisotopic (exact) mass is 267 g/mol. The standard InChI is InChI=1S/C14H21NO4/c1-2-9-19-13(18)15-8-7-14(10-15)5-3-11(4-6-14)12(16)17/h2,11H,1,3-10H2,(H,16,17). The van der Waals surface area contributed by atoms with Gasteiger partial charge in [-0.2, -0.15) is 0 Å². The molecule has 1 aliphatic carbocycles. The summed E-state index contributed by atoms with van der Waals surface area (Å²) in [5.41, 5.74) is 0.124. The number of likely N-dealkylation sites (tertiary alicyclic amines) is 1. The van der Waals surface area contributed by atoms with Crippen LogP contribution in [0.3, 0.4) is 0 Å². The minimum atomic E-state index is -0.685. The molecule has 2 rings (SSSR count). The Balaban J connectivity index is 1.86. The lowest BCUT2D eigenvalue weighted by molar-refractivity contribution is -0.143. The molecule has 0 aromatic heterocycles. The minimum absolute atomic E-state index is 0.124. The first-order valence-electron chi connectivity index (χ1n) is 6.82. The number of amides is 1. The molecule has 2 aliphatic rings. The fourth-order valence-electron chi connectivity index (χ4n) is 3.20. The molecule has 5 nitrogen and oxygen atoms in total. The lowest BCUT2D eigenvalue weighted by Gasteiger charge is -2.35. The summed E-state index contributed by atoms with van der Waals surface area (Å²) in [7, 11) is 0. The molecule has 0 radical (unpaired) electrons. The van der Waals surface area contributed by atoms with E-state index >= 15 is 0 Å². The number of hydrogen-bond acceptors (Lipinski definition) is 3. The van der Waals surface area contributed by atoms with Gasteiger partial charge in [0.15, 0.2) is 0 Å². The minimum Gasteiger partial charge on any atom is -0.481 e. The van der Waals surface area contributed by atoms with Crippen LogP contribution >= 0.6 is 0 Å². The second-order valence-corrected chi connectivity index (χ2v) is 5.65. The van der Waals surface area contributed by atoms with Gasteiger partial charge in [0.1, 0.15) is 6.61 Å². The van der Waals surface area contributed by atoms with Crippen molar-refractivity contribution >= 4 is 12.1 Å². The summed E-state index contributed by atoms with van der Waals surface area (Å²) in [6, 6.07) is 0. The highest BCUT2D eigenvalue weighted by molar-refractivity contribution is 5.70. The molecule has 1 saturated carbocycles. The normalized spacial score (nSPS) is 30.3. The zero-order chi connectivity index (χ0) is 13.9. The molecule has 1 aliphatic heterocycles. The van der Waals surface area contributed by atoms with E-state index < -0.39 is 5.97 Å². The first-order valence-corrected chi connectivity index (χ1v) is 6.82. The Bertz CT molecular complexity index is 372. The van der Waals surface area contributed by atoms with Gasteiger partial charge in [-0.3, -0.25) is 4.79 Å². The maximum atomic E-state index is 11.8. The molecule has 0 aromatic carbocycles. The van der Waals surface area contributed by atoms with E-state index in [1.165, 1.54) is 0 Å². The number of ether oxygens (including phenoxy) is 1. The third-order valence-electron chi connectivity index (χ3n) is 4.42. The molecule has 1 saturated heterocycles. The van der Waals surface area contributed by atoms with E-state index in [0.29, 0.717) is 13.1 Å². The molecule has 0 atom stereocenters. The lowest BCUT2D eigenvalue weighted by Crippen LogP contribution is -2.35. The van der Waals surface area contributed by atoms with Crippen LogP contribution in [0.1, 0.15) is 32.1 Å². The van der Waals surface area contributed by atoms with Gasteiger partial charge in [-0.15, -0.1) is 0 Å². The van der Waals surface area contributed by atoms with Crippen molar-refractivity contribution in [3.8, 4) is 0 Å². The van der Waals surface area contributed by atoms with Crippen LogP contribution in [0.4, 0.5) is 4.79 Å². The topological polar surface area (TPSA) is 66.8 Å². The van der Waals surface area contributed by atoms with Crippen LogP contribution in [0.15, 0.2) is 12.7 Å². The Morgan fingerprint density at radius 1 is 1.37 bits per heavy atom. The van der Waals surface area contributed by atoms with Crippen LogP contribution in [0, 0.1) is 11.3 Å². The average Bonchev–Trinajstić information content (AvgIpc) is 2.80. The lowest BCUT2D eigenvalue weighted by atomic mass is 9.70. The van der Waals surface area contributed by atoms with Crippen LogP contribution in [0.2, 0.25) is 0 Å². The van der Waals surface area contributed by atoms with Gasteiger partial charge >= 0.3 is 12.1 Å². The Morgan fingerprint density at radius 2 is 2.05 bits per heavy atom. The van der Waals surface area contributed by atoms with E-state index in [4.69, 9.17) is 9.84 Å². The van der Waals surface area contributed by atoms with Crippen LogP contribution in [-0.4, -0.2) is 41.8 Å². The van der Waals surface area contributed by atoms with Gasteiger partial charge in [-0.25, -0.2) is 4.79 Å². The highest BCUT2D eigenvalue weighted by Gasteiger charge is 2.43. The maximum absolute atomic E-state index is 11.8. The molecule has 1 amide bonds. The third-order valence-corrected chi connectivity index (χ3v) is 4.42. The number of rotatable bonds is 3. The number of nitrogens with zero attached hydrogens (tertiary/aromatic N) is 1. The Labute approximate surface area is 113 Å². The van der Waals surface area contributed by atoms with E-state index in [1.807, 2.05) is 0 Å². The average molecular weight is 267 g/mol. The summed E-state index contributed by atoms with van der Waals surface area (Å²) in [5.74, 6) is -0.887. The fourth-order valence-corrected chi connectivity index (χ4v) is 3.20. The largest absolute Gasteiger partial charge is 0.481 e. The van der Waals surface area contributed by atoms with Crippen molar-refractivity contribution in [1.29, 1.82) is 0 Å². The van der Waals surface area contributed by atoms with Crippen LogP contribution in [-0.2, 0) is 9.53 Å². The highest BCUT2D eigenvalue weighted by Crippen LogP contribution is 2.45. The zero-order valence-electron chi connectivity index (χ0n) is 11.1. The summed E-state index contributed by atoms with van der Waals surface area (Å²) >= 11 is 0. The Kier molecular flexibility index (Phi) is 4.12. The first-order chi connectivity index (χ1) is 9.06. The third kappa shape index (κ3) is 3.08. The van der Waals surface area contributed by atoms with E-state index in [-0.39, 0.29) is 24.0 Å². The SMILES string of the molecule is C=CCOC(=O)N1CCC2(CCC(C(=O)O)CC2)C1. The highest BCUT2D eigenvalue weighted by atomic mass is 16.6. The van der Waals surface area contributed by atoms with E-state index in [2.05, 4.69) is 6.58 Å². The number of aliphatic carboxylic acids is 1. The van der Waals surface area contributed by atoms with Crippen molar-refractivity contribution in [2.75, 3.05) is 19.7 Å². The molecule has 1 N–H and O–H groups in total. The van der Waals surface area contributed by atoms with Gasteiger partial charge < -0.3 is 14.7 Å². The molecular formula is C14H21NO4. The molecule has 2 fully saturated rings. The van der Waals surface area contributed by atoms with Crippen molar-refractivity contribution in [3.05, 3.63) is 12.7 Å². The second kappa shape index (κ2) is 5.63. The zero-order valence-corrected chi connectivity index (χ0v) is 11.1. The van der Waals surface area contributed by atoms with Gasteiger partial charge in [0, 0.05) is 13.1 Å². The molecule has 19 heavy (non-hydrogen) atoms. The fraction of sp³-hybridized carbons (Fsp3) is 0.714. The summed E-state index contributed by atoms with van der Waals surface area (Å²) in [4.78, 5) is 24.5. The van der Waals surface area contributed by atoms with Gasteiger partial charge in [0.05, 0.1) is 5.92 Å². The Hall–Kier alpha value is -1.52. The predicted octanol–water partition coefficient (Wildman–Crippen LogP) is 2.28.